The summed E-state index contributed by atoms with van der Waals surface area (Å²) in [7, 11) is 0. The quantitative estimate of drug-likeness (QED) is 0.886. The Labute approximate surface area is 158 Å². The molecule has 5 rings (SSSR count). The van der Waals surface area contributed by atoms with Gasteiger partial charge in [-0.05, 0) is 49.8 Å². The van der Waals surface area contributed by atoms with Gasteiger partial charge in [-0.1, -0.05) is 24.6 Å². The van der Waals surface area contributed by atoms with Crippen LogP contribution in [-0.2, 0) is 0 Å². The zero-order valence-corrected chi connectivity index (χ0v) is 15.5. The van der Waals surface area contributed by atoms with Crippen LogP contribution in [0.2, 0.25) is 0 Å². The molecule has 3 saturated heterocycles. The van der Waals surface area contributed by atoms with Gasteiger partial charge in [0.25, 0.3) is 11.5 Å². The first-order valence-electron chi connectivity index (χ1n) is 10.1. The summed E-state index contributed by atoms with van der Waals surface area (Å²) in [5.74, 6) is 1.09. The van der Waals surface area contributed by atoms with Crippen molar-refractivity contribution in [2.45, 2.75) is 31.7 Å². The highest BCUT2D eigenvalue weighted by Gasteiger charge is 2.42. The minimum atomic E-state index is -0.194. The van der Waals surface area contributed by atoms with Crippen molar-refractivity contribution in [1.29, 1.82) is 0 Å². The van der Waals surface area contributed by atoms with Gasteiger partial charge in [0, 0.05) is 31.7 Å². The summed E-state index contributed by atoms with van der Waals surface area (Å²) >= 11 is 0. The lowest BCUT2D eigenvalue weighted by Gasteiger charge is -2.52. The topological polar surface area (TPSA) is 61.3 Å². The van der Waals surface area contributed by atoms with E-state index in [9.17, 15) is 9.59 Å². The van der Waals surface area contributed by atoms with Gasteiger partial charge >= 0.3 is 0 Å². The maximum atomic E-state index is 13.1. The Balaban J connectivity index is 1.37. The summed E-state index contributed by atoms with van der Waals surface area (Å²) in [6.07, 6.45) is 5.13. The van der Waals surface area contributed by atoms with E-state index >= 15 is 0 Å². The van der Waals surface area contributed by atoms with Crippen LogP contribution >= 0.6 is 0 Å². The van der Waals surface area contributed by atoms with E-state index in [-0.39, 0.29) is 11.5 Å². The number of benzene rings is 1. The van der Waals surface area contributed by atoms with Crippen LogP contribution in [0.4, 0.5) is 0 Å². The zero-order chi connectivity index (χ0) is 18.4. The number of aromatic nitrogens is 2. The van der Waals surface area contributed by atoms with Gasteiger partial charge in [0.15, 0.2) is 0 Å². The molecule has 6 heteroatoms. The molecule has 3 aliphatic heterocycles. The van der Waals surface area contributed by atoms with Crippen molar-refractivity contribution in [3.63, 3.8) is 0 Å². The number of amides is 1. The van der Waals surface area contributed by atoms with Crippen LogP contribution in [0.15, 0.2) is 41.2 Å². The van der Waals surface area contributed by atoms with Crippen LogP contribution in [0.3, 0.4) is 0 Å². The van der Waals surface area contributed by atoms with E-state index in [1.807, 2.05) is 35.2 Å². The Bertz CT molecular complexity index is 887. The third kappa shape index (κ3) is 3.02. The minimum absolute atomic E-state index is 0.0410. The first kappa shape index (κ1) is 16.8. The van der Waals surface area contributed by atoms with Gasteiger partial charge in [-0.2, -0.15) is 0 Å². The van der Waals surface area contributed by atoms with Gasteiger partial charge in [0.1, 0.15) is 5.69 Å². The molecule has 0 saturated carbocycles. The summed E-state index contributed by atoms with van der Waals surface area (Å²) in [5, 5.41) is 3.02. The Morgan fingerprint density at radius 3 is 2.78 bits per heavy atom. The summed E-state index contributed by atoms with van der Waals surface area (Å²) in [6.45, 7) is 3.96. The van der Waals surface area contributed by atoms with E-state index < -0.39 is 0 Å². The molecule has 27 heavy (non-hydrogen) atoms. The van der Waals surface area contributed by atoms with Crippen molar-refractivity contribution < 1.29 is 4.79 Å². The van der Waals surface area contributed by atoms with Crippen LogP contribution < -0.4 is 5.56 Å². The minimum Gasteiger partial charge on any atom is -0.337 e. The SMILES string of the molecule is O=C(c1cc(=O)n(-c2ccccc2)[nH]1)N1C[C@@H]2C[C@H](C1)[C@@H]1CCCCN1C2. The third-order valence-corrected chi connectivity index (χ3v) is 6.52. The second kappa shape index (κ2) is 6.68. The Morgan fingerprint density at radius 2 is 1.93 bits per heavy atom. The molecule has 142 valence electrons. The van der Waals surface area contributed by atoms with Crippen LogP contribution in [-0.4, -0.2) is 57.7 Å². The molecular weight excluding hydrogens is 340 g/mol. The number of carbonyl (C=O) groups is 1. The number of hydrogen-bond donors (Lipinski definition) is 1. The molecular formula is C21H26N4O2. The van der Waals surface area contributed by atoms with Crippen molar-refractivity contribution in [3.05, 3.63) is 52.4 Å². The monoisotopic (exact) mass is 366 g/mol. The maximum absolute atomic E-state index is 13.1. The van der Waals surface area contributed by atoms with Crippen LogP contribution in [0.25, 0.3) is 5.69 Å². The second-order valence-corrected chi connectivity index (χ2v) is 8.31. The van der Waals surface area contributed by atoms with E-state index in [0.29, 0.717) is 23.6 Å². The highest BCUT2D eigenvalue weighted by molar-refractivity contribution is 5.92. The number of carbonyl (C=O) groups excluding carboxylic acids is 1. The standard InChI is InChI=1S/C21H26N4O2/c26-20-11-18(22-25(20)17-6-2-1-3-7-17)21(27)24-13-15-10-16(14-24)19-8-4-5-9-23(19)12-15/h1-3,6-7,11,15-16,19,22H,4-5,8-10,12-14H2/t15-,16-,19+/m1/s1. The predicted octanol–water partition coefficient (Wildman–Crippen LogP) is 2.11. The molecule has 1 N–H and O–H groups in total. The molecule has 0 unspecified atom stereocenters. The molecule has 1 aromatic carbocycles. The molecule has 4 heterocycles. The number of aromatic amines is 1. The van der Waals surface area contributed by atoms with Crippen LogP contribution in [0.5, 0.6) is 0 Å². The van der Waals surface area contributed by atoms with Gasteiger partial charge in [-0.15, -0.1) is 0 Å². The third-order valence-electron chi connectivity index (χ3n) is 6.52. The fraction of sp³-hybridized carbons (Fsp3) is 0.524. The Hall–Kier alpha value is -2.34. The highest BCUT2D eigenvalue weighted by atomic mass is 16.2. The van der Waals surface area contributed by atoms with E-state index in [1.54, 1.807) is 0 Å². The molecule has 0 radical (unpaired) electrons. The number of rotatable bonds is 2. The molecule has 0 spiro atoms. The number of hydrogen-bond acceptors (Lipinski definition) is 3. The number of fused-ring (bicyclic) bond motifs is 4. The van der Waals surface area contributed by atoms with Crippen LogP contribution in [0.1, 0.15) is 36.2 Å². The lowest BCUT2D eigenvalue weighted by molar-refractivity contribution is -0.0244. The fourth-order valence-corrected chi connectivity index (χ4v) is 5.38. The number of para-hydroxylation sites is 1. The average molecular weight is 366 g/mol. The van der Waals surface area contributed by atoms with E-state index in [1.165, 1.54) is 43.0 Å². The molecule has 1 aromatic heterocycles. The summed E-state index contributed by atoms with van der Waals surface area (Å²) in [5.41, 5.74) is 0.944. The molecule has 3 aliphatic rings. The maximum Gasteiger partial charge on any atom is 0.271 e. The predicted molar refractivity (Wildman–Crippen MR) is 103 cm³/mol. The van der Waals surface area contributed by atoms with E-state index in [4.69, 9.17) is 0 Å². The van der Waals surface area contributed by atoms with Crippen molar-refractivity contribution >= 4 is 5.91 Å². The molecule has 0 aliphatic carbocycles. The van der Waals surface area contributed by atoms with Crippen LogP contribution in [0, 0.1) is 11.8 Å². The number of piperidine rings is 3. The van der Waals surface area contributed by atoms with Crippen molar-refractivity contribution in [3.8, 4) is 5.69 Å². The zero-order valence-electron chi connectivity index (χ0n) is 15.5. The Morgan fingerprint density at radius 1 is 1.07 bits per heavy atom. The van der Waals surface area contributed by atoms with E-state index in [0.717, 1.165) is 25.3 Å². The van der Waals surface area contributed by atoms with Gasteiger partial charge in [0.05, 0.1) is 5.69 Å². The van der Waals surface area contributed by atoms with Gasteiger partial charge in [-0.25, -0.2) is 4.68 Å². The molecule has 3 atom stereocenters. The number of nitrogens with zero attached hydrogens (tertiary/aromatic N) is 3. The van der Waals surface area contributed by atoms with Crippen molar-refractivity contribution in [2.75, 3.05) is 26.2 Å². The summed E-state index contributed by atoms with van der Waals surface area (Å²) in [6, 6.07) is 11.5. The first-order chi connectivity index (χ1) is 13.2. The molecule has 1 amide bonds. The van der Waals surface area contributed by atoms with Crippen molar-refractivity contribution in [2.24, 2.45) is 11.8 Å². The summed E-state index contributed by atoms with van der Waals surface area (Å²) < 4.78 is 1.45. The normalized spacial score (nSPS) is 28.0. The molecule has 3 fully saturated rings. The summed E-state index contributed by atoms with van der Waals surface area (Å²) in [4.78, 5) is 30.1. The molecule has 2 bridgehead atoms. The van der Waals surface area contributed by atoms with Gasteiger partial charge < -0.3 is 4.90 Å². The lowest BCUT2D eigenvalue weighted by atomic mass is 9.76. The number of likely N-dealkylation sites (tertiary alicyclic amines) is 1. The first-order valence-corrected chi connectivity index (χ1v) is 10.1. The van der Waals surface area contributed by atoms with Gasteiger partial charge in [0.2, 0.25) is 0 Å². The smallest absolute Gasteiger partial charge is 0.271 e. The number of nitrogens with one attached hydrogen (secondary N) is 1. The average Bonchev–Trinajstić information content (AvgIpc) is 3.09. The second-order valence-electron chi connectivity index (χ2n) is 8.31. The van der Waals surface area contributed by atoms with E-state index in [2.05, 4.69) is 10.00 Å². The largest absolute Gasteiger partial charge is 0.337 e. The lowest BCUT2D eigenvalue weighted by Crippen LogP contribution is -2.59. The number of H-pyrrole nitrogens is 1. The molecule has 2 aromatic rings. The fourth-order valence-electron chi connectivity index (χ4n) is 5.38. The Kier molecular flexibility index (Phi) is 4.16. The highest BCUT2D eigenvalue weighted by Crippen LogP contribution is 2.37. The molecule has 6 nitrogen and oxygen atoms in total. The van der Waals surface area contributed by atoms with Gasteiger partial charge in [-0.3, -0.25) is 19.6 Å². The van der Waals surface area contributed by atoms with Crippen molar-refractivity contribution in [1.82, 2.24) is 19.6 Å².